The zero-order valence-corrected chi connectivity index (χ0v) is 13.7. The quantitative estimate of drug-likeness (QED) is 0.916. The van der Waals surface area contributed by atoms with Crippen LogP contribution < -0.4 is 0 Å². The van der Waals surface area contributed by atoms with Crippen molar-refractivity contribution < 1.29 is 23.4 Å². The fraction of sp³-hybridized carbons (Fsp3) is 0.278. The number of rotatable bonds is 4. The lowest BCUT2D eigenvalue weighted by molar-refractivity contribution is 0.0690. The van der Waals surface area contributed by atoms with Crippen LogP contribution in [0.4, 0.5) is 8.78 Å². The maximum absolute atomic E-state index is 14.3. The van der Waals surface area contributed by atoms with E-state index >= 15 is 0 Å². The minimum Gasteiger partial charge on any atom is -0.481 e. The summed E-state index contributed by atoms with van der Waals surface area (Å²) >= 11 is 0. The molecular weight excluding hydrogens is 330 g/mol. The standard InChI is InChI=1S/C18H16F2N2O3/c1-18(6-5-14(25-2)21-9-18)8-10-7-13(17(23)24)22-16-12(20)4-3-11(19)15(10)16/h3-5,7,9H,6,8H2,1-2H3,(H,23,24). The van der Waals surface area contributed by atoms with Crippen molar-refractivity contribution in [3.8, 4) is 0 Å². The van der Waals surface area contributed by atoms with Crippen LogP contribution in [0.15, 0.2) is 35.2 Å². The highest BCUT2D eigenvalue weighted by Gasteiger charge is 2.28. The van der Waals surface area contributed by atoms with Gasteiger partial charge in [0, 0.05) is 17.0 Å². The Bertz CT molecular complexity index is 924. The third-order valence-electron chi connectivity index (χ3n) is 4.21. The Labute approximate surface area is 142 Å². The van der Waals surface area contributed by atoms with Gasteiger partial charge in [0.25, 0.3) is 0 Å². The summed E-state index contributed by atoms with van der Waals surface area (Å²) in [6.45, 7) is 1.91. The lowest BCUT2D eigenvalue weighted by Gasteiger charge is -2.27. The lowest BCUT2D eigenvalue weighted by Crippen LogP contribution is -2.24. The number of pyridine rings is 1. The first-order valence-electron chi connectivity index (χ1n) is 7.63. The molecule has 1 aliphatic rings. The Morgan fingerprint density at radius 2 is 2.08 bits per heavy atom. The molecule has 2 heterocycles. The fourth-order valence-electron chi connectivity index (χ4n) is 2.93. The fourth-order valence-corrected chi connectivity index (χ4v) is 2.93. The number of methoxy groups -OCH3 is 1. The van der Waals surface area contributed by atoms with Gasteiger partial charge in [0.1, 0.15) is 22.8 Å². The molecule has 0 fully saturated rings. The monoisotopic (exact) mass is 346 g/mol. The number of carboxylic acid groups (broad SMARTS) is 1. The summed E-state index contributed by atoms with van der Waals surface area (Å²) in [5.41, 5.74) is -0.705. The molecule has 0 saturated carbocycles. The molecular formula is C18H16F2N2O3. The predicted molar refractivity (Wildman–Crippen MR) is 88.6 cm³/mol. The van der Waals surface area contributed by atoms with E-state index in [1.54, 1.807) is 12.3 Å². The number of nitrogens with zero attached hydrogens (tertiary/aromatic N) is 2. The number of halogens is 2. The van der Waals surface area contributed by atoms with E-state index in [9.17, 15) is 18.7 Å². The van der Waals surface area contributed by atoms with Crippen LogP contribution in [-0.4, -0.2) is 29.4 Å². The first-order chi connectivity index (χ1) is 11.8. The summed E-state index contributed by atoms with van der Waals surface area (Å²) in [5, 5.41) is 9.24. The van der Waals surface area contributed by atoms with Crippen molar-refractivity contribution in [1.29, 1.82) is 0 Å². The number of hydrogen-bond acceptors (Lipinski definition) is 4. The molecule has 5 nitrogen and oxygen atoms in total. The molecule has 0 bridgehead atoms. The Morgan fingerprint density at radius 3 is 2.68 bits per heavy atom. The maximum atomic E-state index is 14.3. The smallest absolute Gasteiger partial charge is 0.354 e. The predicted octanol–water partition coefficient (Wildman–Crippen LogP) is 3.72. The van der Waals surface area contributed by atoms with Crippen molar-refractivity contribution in [2.75, 3.05) is 7.11 Å². The molecule has 130 valence electrons. The van der Waals surface area contributed by atoms with Crippen molar-refractivity contribution in [2.24, 2.45) is 10.4 Å². The molecule has 0 saturated heterocycles. The molecule has 1 aromatic carbocycles. The molecule has 0 radical (unpaired) electrons. The molecule has 0 spiro atoms. The van der Waals surface area contributed by atoms with E-state index < -0.39 is 23.0 Å². The van der Waals surface area contributed by atoms with Crippen molar-refractivity contribution in [2.45, 2.75) is 19.8 Å². The number of allylic oxidation sites excluding steroid dienone is 1. The Morgan fingerprint density at radius 1 is 1.36 bits per heavy atom. The van der Waals surface area contributed by atoms with E-state index in [0.717, 1.165) is 12.1 Å². The first kappa shape index (κ1) is 17.0. The lowest BCUT2D eigenvalue weighted by atomic mass is 9.80. The topological polar surface area (TPSA) is 71.8 Å². The molecule has 1 N–H and O–H groups in total. The summed E-state index contributed by atoms with van der Waals surface area (Å²) in [6.07, 6.45) is 4.35. The number of aromatic nitrogens is 1. The molecule has 0 aliphatic carbocycles. The molecule has 3 rings (SSSR count). The molecule has 25 heavy (non-hydrogen) atoms. The maximum Gasteiger partial charge on any atom is 0.354 e. The van der Waals surface area contributed by atoms with Crippen molar-refractivity contribution in [1.82, 2.24) is 4.98 Å². The van der Waals surface area contributed by atoms with Crippen LogP contribution in [-0.2, 0) is 11.2 Å². The van der Waals surface area contributed by atoms with Crippen LogP contribution in [0.5, 0.6) is 0 Å². The number of aromatic carboxylic acids is 1. The normalized spacial score (nSPS) is 19.8. The van der Waals surface area contributed by atoms with E-state index in [0.29, 0.717) is 17.9 Å². The van der Waals surface area contributed by atoms with E-state index in [-0.39, 0.29) is 23.0 Å². The van der Waals surface area contributed by atoms with Gasteiger partial charge in [-0.2, -0.15) is 0 Å². The van der Waals surface area contributed by atoms with Gasteiger partial charge >= 0.3 is 5.97 Å². The molecule has 2 aromatic rings. The van der Waals surface area contributed by atoms with Gasteiger partial charge in [-0.25, -0.2) is 23.6 Å². The van der Waals surface area contributed by atoms with Gasteiger partial charge in [0.2, 0.25) is 5.88 Å². The SMILES string of the molecule is COC1=CCC(C)(Cc2cc(C(=O)O)nc3c(F)ccc(F)c23)C=N1. The third-order valence-corrected chi connectivity index (χ3v) is 4.21. The molecule has 1 atom stereocenters. The van der Waals surface area contributed by atoms with E-state index in [2.05, 4.69) is 9.98 Å². The number of aliphatic imine (C=N–C) groups is 1. The second kappa shape index (κ2) is 6.23. The first-order valence-corrected chi connectivity index (χ1v) is 7.63. The summed E-state index contributed by atoms with van der Waals surface area (Å²) < 4.78 is 33.5. The van der Waals surface area contributed by atoms with Crippen molar-refractivity contribution in [3.63, 3.8) is 0 Å². The van der Waals surface area contributed by atoms with Crippen LogP contribution in [0.3, 0.4) is 0 Å². The van der Waals surface area contributed by atoms with Crippen LogP contribution in [0.2, 0.25) is 0 Å². The number of benzene rings is 1. The number of carboxylic acids is 1. The van der Waals surface area contributed by atoms with E-state index in [4.69, 9.17) is 4.74 Å². The summed E-state index contributed by atoms with van der Waals surface area (Å²) in [5.74, 6) is -2.21. The highest BCUT2D eigenvalue weighted by atomic mass is 19.1. The molecule has 1 unspecified atom stereocenters. The molecule has 7 heteroatoms. The van der Waals surface area contributed by atoms with E-state index in [1.165, 1.54) is 13.2 Å². The van der Waals surface area contributed by atoms with Crippen molar-refractivity contribution >= 4 is 23.1 Å². The average Bonchev–Trinajstić information content (AvgIpc) is 2.58. The van der Waals surface area contributed by atoms with Gasteiger partial charge < -0.3 is 9.84 Å². The molecule has 1 aromatic heterocycles. The zero-order chi connectivity index (χ0) is 18.2. The van der Waals surface area contributed by atoms with Crippen LogP contribution in [0.25, 0.3) is 10.9 Å². The van der Waals surface area contributed by atoms with Gasteiger partial charge in [-0.3, -0.25) is 0 Å². The Balaban J connectivity index is 2.12. The van der Waals surface area contributed by atoms with Crippen LogP contribution >= 0.6 is 0 Å². The minimum absolute atomic E-state index is 0.00106. The Kier molecular flexibility index (Phi) is 4.24. The van der Waals surface area contributed by atoms with Gasteiger partial charge in [0.05, 0.1) is 7.11 Å². The highest BCUT2D eigenvalue weighted by Crippen LogP contribution is 2.33. The molecule has 1 aliphatic heterocycles. The number of hydrogen-bond donors (Lipinski definition) is 1. The number of carbonyl (C=O) groups is 1. The minimum atomic E-state index is -1.30. The van der Waals surface area contributed by atoms with Crippen LogP contribution in [0, 0.1) is 17.0 Å². The third kappa shape index (κ3) is 3.22. The van der Waals surface area contributed by atoms with Gasteiger partial charge in [-0.05, 0) is 42.7 Å². The largest absolute Gasteiger partial charge is 0.481 e. The average molecular weight is 346 g/mol. The summed E-state index contributed by atoms with van der Waals surface area (Å²) in [4.78, 5) is 19.3. The second-order valence-electron chi connectivity index (χ2n) is 6.26. The Hall–Kier alpha value is -2.83. The zero-order valence-electron chi connectivity index (χ0n) is 13.7. The van der Waals surface area contributed by atoms with Crippen molar-refractivity contribution in [3.05, 3.63) is 53.1 Å². The van der Waals surface area contributed by atoms with Gasteiger partial charge in [0.15, 0.2) is 0 Å². The number of ether oxygens (including phenoxy) is 1. The second-order valence-corrected chi connectivity index (χ2v) is 6.26. The summed E-state index contributed by atoms with van der Waals surface area (Å²) in [7, 11) is 1.51. The highest BCUT2D eigenvalue weighted by molar-refractivity contribution is 5.92. The van der Waals surface area contributed by atoms with Gasteiger partial charge in [-0.15, -0.1) is 0 Å². The number of fused-ring (bicyclic) bond motifs is 1. The van der Waals surface area contributed by atoms with Gasteiger partial charge in [-0.1, -0.05) is 6.92 Å². The van der Waals surface area contributed by atoms with Crippen LogP contribution in [0.1, 0.15) is 29.4 Å². The van der Waals surface area contributed by atoms with E-state index in [1.807, 2.05) is 6.92 Å². The molecule has 0 amide bonds. The summed E-state index contributed by atoms with van der Waals surface area (Å²) in [6, 6.07) is 3.25.